The van der Waals surface area contributed by atoms with Crippen LogP contribution in [0, 0.1) is 12.3 Å². The first-order valence-electron chi connectivity index (χ1n) is 11.5. The second-order valence-electron chi connectivity index (χ2n) is 8.18. The molecule has 2 amide bonds. The topological polar surface area (TPSA) is 128 Å². The van der Waals surface area contributed by atoms with Crippen molar-refractivity contribution in [3.05, 3.63) is 68.2 Å². The molecule has 0 fully saturated rings. The lowest BCUT2D eigenvalue weighted by Crippen LogP contribution is -2.44. The van der Waals surface area contributed by atoms with Crippen molar-refractivity contribution in [3.63, 3.8) is 0 Å². The van der Waals surface area contributed by atoms with Gasteiger partial charge in [-0.1, -0.05) is 46.9 Å². The quantitative estimate of drug-likeness (QED) is 0.175. The van der Waals surface area contributed by atoms with Crippen LogP contribution in [0.1, 0.15) is 46.9 Å². The van der Waals surface area contributed by atoms with Crippen molar-refractivity contribution in [1.82, 2.24) is 16.0 Å². The van der Waals surface area contributed by atoms with E-state index in [0.29, 0.717) is 42.0 Å². The zero-order valence-corrected chi connectivity index (χ0v) is 22.2. The maximum absolute atomic E-state index is 12.8. The van der Waals surface area contributed by atoms with Crippen LogP contribution in [-0.2, 0) is 16.0 Å². The molecule has 0 saturated carbocycles. The van der Waals surface area contributed by atoms with E-state index in [1.54, 1.807) is 36.4 Å². The molecule has 0 bridgehead atoms. The summed E-state index contributed by atoms with van der Waals surface area (Å²) in [5.41, 5.74) is 1.31. The van der Waals surface area contributed by atoms with Gasteiger partial charge in [0, 0.05) is 24.5 Å². The van der Waals surface area contributed by atoms with E-state index in [9.17, 15) is 24.6 Å². The van der Waals surface area contributed by atoms with Gasteiger partial charge in [-0.25, -0.2) is 4.79 Å². The minimum Gasteiger partial charge on any atom is -0.480 e. The second kappa shape index (κ2) is 15.5. The van der Waals surface area contributed by atoms with Crippen molar-refractivity contribution in [2.45, 2.75) is 37.8 Å². The molecule has 8 nitrogen and oxygen atoms in total. The van der Waals surface area contributed by atoms with E-state index in [0.717, 1.165) is 0 Å². The van der Waals surface area contributed by atoms with Crippen LogP contribution in [-0.4, -0.2) is 53.7 Å². The number of halogens is 3. The van der Waals surface area contributed by atoms with E-state index in [2.05, 4.69) is 21.9 Å². The number of aliphatic hydroxyl groups is 1. The monoisotopic (exact) mass is 567 g/mol. The van der Waals surface area contributed by atoms with Crippen LogP contribution in [0.2, 0.25) is 15.1 Å². The SMILES string of the molecule is C#CCCNCC(=O)NCC[C@H](NC(=O)c1c(Cl)cc(CCC(O)c2cccc(Cl)c2)cc1Cl)C(=O)O. The minimum atomic E-state index is -1.28. The summed E-state index contributed by atoms with van der Waals surface area (Å²) in [5.74, 6) is 0.0917. The number of aliphatic carboxylic acids is 1. The number of terminal acetylenes is 1. The maximum Gasteiger partial charge on any atom is 0.326 e. The maximum atomic E-state index is 12.8. The summed E-state index contributed by atoms with van der Waals surface area (Å²) < 4.78 is 0. The number of benzene rings is 2. The zero-order chi connectivity index (χ0) is 27.4. The fraction of sp³-hybridized carbons (Fsp3) is 0.346. The molecule has 2 aromatic carbocycles. The third-order valence-corrected chi connectivity index (χ3v) is 6.19. The Morgan fingerprint density at radius 2 is 1.73 bits per heavy atom. The Morgan fingerprint density at radius 3 is 2.35 bits per heavy atom. The van der Waals surface area contributed by atoms with Gasteiger partial charge in [-0.05, 0) is 54.7 Å². The van der Waals surface area contributed by atoms with Gasteiger partial charge < -0.3 is 26.2 Å². The van der Waals surface area contributed by atoms with Gasteiger partial charge in [0.25, 0.3) is 5.91 Å². The highest BCUT2D eigenvalue weighted by Gasteiger charge is 2.24. The molecule has 0 saturated heterocycles. The molecule has 0 heterocycles. The molecule has 198 valence electrons. The summed E-state index contributed by atoms with van der Waals surface area (Å²) in [6, 6.07) is 8.75. The first-order chi connectivity index (χ1) is 17.6. The Hall–Kier alpha value is -2.80. The van der Waals surface area contributed by atoms with Crippen LogP contribution in [0.4, 0.5) is 0 Å². The van der Waals surface area contributed by atoms with Crippen LogP contribution in [0.15, 0.2) is 36.4 Å². The first-order valence-corrected chi connectivity index (χ1v) is 12.6. The first kappa shape index (κ1) is 30.4. The summed E-state index contributed by atoms with van der Waals surface area (Å²) in [6.45, 7) is 0.558. The van der Waals surface area contributed by atoms with Crippen LogP contribution in [0.25, 0.3) is 0 Å². The molecule has 0 aromatic heterocycles. The Bertz CT molecular complexity index is 1130. The molecule has 2 rings (SSSR count). The highest BCUT2D eigenvalue weighted by Crippen LogP contribution is 2.29. The van der Waals surface area contributed by atoms with Gasteiger partial charge in [-0.3, -0.25) is 9.59 Å². The van der Waals surface area contributed by atoms with Gasteiger partial charge in [0.1, 0.15) is 6.04 Å². The lowest BCUT2D eigenvalue weighted by atomic mass is 10.0. The van der Waals surface area contributed by atoms with Crippen molar-refractivity contribution in [3.8, 4) is 12.3 Å². The molecular weight excluding hydrogens is 541 g/mol. The molecular formula is C26H28Cl3N3O5. The molecule has 2 aromatic rings. The highest BCUT2D eigenvalue weighted by molar-refractivity contribution is 6.39. The molecule has 5 N–H and O–H groups in total. The number of aliphatic hydroxyl groups excluding tert-OH is 1. The van der Waals surface area contributed by atoms with Crippen molar-refractivity contribution < 1.29 is 24.6 Å². The number of carboxylic acid groups (broad SMARTS) is 1. The summed E-state index contributed by atoms with van der Waals surface area (Å²) in [6.07, 6.45) is 5.60. The fourth-order valence-electron chi connectivity index (χ4n) is 3.44. The van der Waals surface area contributed by atoms with E-state index in [-0.39, 0.29) is 41.0 Å². The van der Waals surface area contributed by atoms with Gasteiger partial charge in [0.2, 0.25) is 5.91 Å². The normalized spacial score (nSPS) is 12.3. The van der Waals surface area contributed by atoms with Crippen LogP contribution >= 0.6 is 34.8 Å². The van der Waals surface area contributed by atoms with Crippen LogP contribution in [0.3, 0.4) is 0 Å². The molecule has 0 aliphatic rings. The largest absolute Gasteiger partial charge is 0.480 e. The van der Waals surface area contributed by atoms with Crippen molar-refractivity contribution in [2.75, 3.05) is 19.6 Å². The summed E-state index contributed by atoms with van der Waals surface area (Å²) in [5, 5.41) is 28.4. The third kappa shape index (κ3) is 10.2. The lowest BCUT2D eigenvalue weighted by Gasteiger charge is -2.17. The van der Waals surface area contributed by atoms with E-state index >= 15 is 0 Å². The molecule has 2 atom stereocenters. The number of aryl methyl sites for hydroxylation is 1. The average molecular weight is 569 g/mol. The highest BCUT2D eigenvalue weighted by atomic mass is 35.5. The standard InChI is InChI=1S/C26H28Cl3N3O5/c1-2-3-10-30-15-23(34)31-11-9-21(26(36)37)32-25(35)24-19(28)12-16(13-20(24)29)7-8-22(33)17-5-4-6-18(27)14-17/h1,4-6,12-14,21-22,30,33H,3,7-11,15H2,(H,31,34)(H,32,35)(H,36,37)/t21-,22?/m0/s1. The number of amides is 2. The summed E-state index contributed by atoms with van der Waals surface area (Å²) >= 11 is 18.6. The number of rotatable bonds is 14. The van der Waals surface area contributed by atoms with E-state index in [4.69, 9.17) is 41.2 Å². The summed E-state index contributed by atoms with van der Waals surface area (Å²) in [4.78, 5) is 36.2. The zero-order valence-electron chi connectivity index (χ0n) is 19.9. The fourth-order valence-corrected chi connectivity index (χ4v) is 4.34. The number of carboxylic acids is 1. The van der Waals surface area contributed by atoms with Gasteiger partial charge in [-0.15, -0.1) is 12.3 Å². The number of carbonyl (C=O) groups excluding carboxylic acids is 2. The second-order valence-corrected chi connectivity index (χ2v) is 9.43. The smallest absolute Gasteiger partial charge is 0.326 e. The lowest BCUT2D eigenvalue weighted by molar-refractivity contribution is -0.139. The van der Waals surface area contributed by atoms with Gasteiger partial charge in [0.05, 0.1) is 28.3 Å². The van der Waals surface area contributed by atoms with Gasteiger partial charge in [0.15, 0.2) is 0 Å². The van der Waals surface area contributed by atoms with Gasteiger partial charge >= 0.3 is 5.97 Å². The Balaban J connectivity index is 1.94. The molecule has 0 radical (unpaired) electrons. The molecule has 0 aliphatic carbocycles. The van der Waals surface area contributed by atoms with E-state index < -0.39 is 24.0 Å². The third-order valence-electron chi connectivity index (χ3n) is 5.36. The number of nitrogens with one attached hydrogen (secondary N) is 3. The van der Waals surface area contributed by atoms with Gasteiger partial charge in [-0.2, -0.15) is 0 Å². The minimum absolute atomic E-state index is 0.0300. The molecule has 1 unspecified atom stereocenters. The molecule has 0 aliphatic heterocycles. The predicted octanol–water partition coefficient (Wildman–Crippen LogP) is 3.62. The van der Waals surface area contributed by atoms with Crippen LogP contribution in [0.5, 0.6) is 0 Å². The Labute approximate surface area is 230 Å². The Kier molecular flexibility index (Phi) is 12.7. The predicted molar refractivity (Wildman–Crippen MR) is 144 cm³/mol. The van der Waals surface area contributed by atoms with Crippen LogP contribution < -0.4 is 16.0 Å². The molecule has 37 heavy (non-hydrogen) atoms. The van der Waals surface area contributed by atoms with Crippen molar-refractivity contribution >= 4 is 52.6 Å². The van der Waals surface area contributed by atoms with Crippen molar-refractivity contribution in [1.29, 1.82) is 0 Å². The molecule has 11 heteroatoms. The Morgan fingerprint density at radius 1 is 1.03 bits per heavy atom. The van der Waals surface area contributed by atoms with E-state index in [1.165, 1.54) is 0 Å². The number of carbonyl (C=O) groups is 3. The average Bonchev–Trinajstić information content (AvgIpc) is 2.84. The summed E-state index contributed by atoms with van der Waals surface area (Å²) in [7, 11) is 0. The molecule has 0 spiro atoms. The number of hydrogen-bond acceptors (Lipinski definition) is 5. The van der Waals surface area contributed by atoms with Crippen molar-refractivity contribution in [2.24, 2.45) is 0 Å². The van der Waals surface area contributed by atoms with E-state index in [1.807, 2.05) is 0 Å². The number of hydrogen-bond donors (Lipinski definition) is 5.